The van der Waals surface area contributed by atoms with Crippen molar-refractivity contribution in [1.29, 1.82) is 0 Å². The average Bonchev–Trinajstić information content (AvgIpc) is 2.20. The maximum Gasteiger partial charge on any atom is 0.303 e. The summed E-state index contributed by atoms with van der Waals surface area (Å²) in [6, 6.07) is 0. The summed E-state index contributed by atoms with van der Waals surface area (Å²) in [7, 11) is 0. The van der Waals surface area contributed by atoms with Crippen LogP contribution in [0.1, 0.15) is 33.1 Å². The molecule has 1 fully saturated rings. The van der Waals surface area contributed by atoms with Gasteiger partial charge in [-0.2, -0.15) is 0 Å². The average molecular weight is 185 g/mol. The molecule has 1 amide bonds. The minimum Gasteiger partial charge on any atom is -0.481 e. The Balaban J connectivity index is 2.44. The fraction of sp³-hybridized carbons (Fsp3) is 0.778. The molecule has 13 heavy (non-hydrogen) atoms. The quantitative estimate of drug-likeness (QED) is 0.682. The number of amides is 1. The molecule has 0 bridgehead atoms. The van der Waals surface area contributed by atoms with E-state index in [2.05, 4.69) is 5.32 Å². The fourth-order valence-corrected chi connectivity index (χ4v) is 1.73. The predicted molar refractivity (Wildman–Crippen MR) is 47.2 cm³/mol. The van der Waals surface area contributed by atoms with Crippen molar-refractivity contribution in [2.75, 3.05) is 0 Å². The molecule has 1 unspecified atom stereocenters. The number of carboxylic acid groups (broad SMARTS) is 1. The summed E-state index contributed by atoms with van der Waals surface area (Å²) in [5, 5.41) is 11.3. The number of rotatable bonds is 3. The van der Waals surface area contributed by atoms with Crippen LogP contribution in [0.3, 0.4) is 0 Å². The van der Waals surface area contributed by atoms with E-state index in [4.69, 9.17) is 5.11 Å². The van der Waals surface area contributed by atoms with E-state index in [1.165, 1.54) is 0 Å². The number of hydrogen-bond donors (Lipinski definition) is 2. The molecule has 0 spiro atoms. The Morgan fingerprint density at radius 2 is 2.31 bits per heavy atom. The normalized spacial score (nSPS) is 25.7. The highest BCUT2D eigenvalue weighted by Crippen LogP contribution is 2.27. The summed E-state index contributed by atoms with van der Waals surface area (Å²) < 4.78 is 0. The first-order valence-electron chi connectivity index (χ1n) is 4.44. The summed E-state index contributed by atoms with van der Waals surface area (Å²) in [6.07, 6.45) is 1.26. The van der Waals surface area contributed by atoms with Crippen molar-refractivity contribution in [1.82, 2.24) is 5.32 Å². The Bertz CT molecular complexity index is 235. The molecule has 4 heteroatoms. The van der Waals surface area contributed by atoms with Crippen LogP contribution in [0.15, 0.2) is 0 Å². The van der Waals surface area contributed by atoms with Crippen molar-refractivity contribution in [2.45, 2.75) is 38.6 Å². The van der Waals surface area contributed by atoms with Crippen molar-refractivity contribution in [2.24, 2.45) is 5.92 Å². The third-order valence-electron chi connectivity index (χ3n) is 2.30. The molecular weight excluding hydrogens is 170 g/mol. The number of carbonyl (C=O) groups excluding carboxylic acids is 1. The number of carboxylic acids is 1. The Morgan fingerprint density at radius 3 is 2.69 bits per heavy atom. The van der Waals surface area contributed by atoms with Crippen LogP contribution in [0.25, 0.3) is 0 Å². The highest BCUT2D eigenvalue weighted by atomic mass is 16.4. The molecule has 1 rings (SSSR count). The molecule has 2 N–H and O–H groups in total. The number of nitrogens with one attached hydrogen (secondary N) is 1. The lowest BCUT2D eigenvalue weighted by Gasteiger charge is -2.16. The molecule has 4 nitrogen and oxygen atoms in total. The zero-order valence-electron chi connectivity index (χ0n) is 7.96. The molecule has 74 valence electrons. The summed E-state index contributed by atoms with van der Waals surface area (Å²) in [4.78, 5) is 21.6. The monoisotopic (exact) mass is 185 g/mol. The Hall–Kier alpha value is -1.06. The van der Waals surface area contributed by atoms with Crippen molar-refractivity contribution in [3.63, 3.8) is 0 Å². The Morgan fingerprint density at radius 1 is 1.69 bits per heavy atom. The van der Waals surface area contributed by atoms with E-state index in [1.807, 2.05) is 13.8 Å². The van der Waals surface area contributed by atoms with E-state index >= 15 is 0 Å². The second kappa shape index (κ2) is 3.36. The molecular formula is C9H15NO3. The van der Waals surface area contributed by atoms with Crippen LogP contribution in [0.4, 0.5) is 0 Å². The van der Waals surface area contributed by atoms with Crippen LogP contribution in [-0.4, -0.2) is 22.5 Å². The summed E-state index contributed by atoms with van der Waals surface area (Å²) in [6.45, 7) is 3.90. The smallest absolute Gasteiger partial charge is 0.303 e. The predicted octanol–water partition coefficient (Wildman–Crippen LogP) is 0.766. The van der Waals surface area contributed by atoms with Gasteiger partial charge in [0.1, 0.15) is 0 Å². The van der Waals surface area contributed by atoms with E-state index in [1.54, 1.807) is 0 Å². The van der Waals surface area contributed by atoms with Crippen LogP contribution in [-0.2, 0) is 9.59 Å². The Labute approximate surface area is 77.3 Å². The molecule has 1 saturated heterocycles. The number of carbonyl (C=O) groups is 2. The minimum absolute atomic E-state index is 0.00810. The highest BCUT2D eigenvalue weighted by molar-refractivity contribution is 5.82. The van der Waals surface area contributed by atoms with Gasteiger partial charge >= 0.3 is 5.97 Å². The van der Waals surface area contributed by atoms with Crippen LogP contribution in [0, 0.1) is 5.92 Å². The van der Waals surface area contributed by atoms with Crippen molar-refractivity contribution >= 4 is 11.9 Å². The van der Waals surface area contributed by atoms with Crippen LogP contribution < -0.4 is 5.32 Å². The van der Waals surface area contributed by atoms with Gasteiger partial charge in [-0.15, -0.1) is 0 Å². The van der Waals surface area contributed by atoms with Gasteiger partial charge in [-0.3, -0.25) is 9.59 Å². The van der Waals surface area contributed by atoms with Crippen molar-refractivity contribution in [3.05, 3.63) is 0 Å². The van der Waals surface area contributed by atoms with Gasteiger partial charge in [-0.1, -0.05) is 0 Å². The minimum atomic E-state index is -0.836. The molecule has 1 aliphatic rings. The lowest BCUT2D eigenvalue weighted by molar-refractivity contribution is -0.137. The molecule has 0 aromatic carbocycles. The molecule has 0 saturated carbocycles. The van der Waals surface area contributed by atoms with Crippen molar-refractivity contribution in [3.8, 4) is 0 Å². The van der Waals surface area contributed by atoms with Gasteiger partial charge in [-0.25, -0.2) is 0 Å². The fourth-order valence-electron chi connectivity index (χ4n) is 1.73. The first-order chi connectivity index (χ1) is 5.91. The topological polar surface area (TPSA) is 66.4 Å². The summed E-state index contributed by atoms with van der Waals surface area (Å²) >= 11 is 0. The van der Waals surface area contributed by atoms with Gasteiger partial charge in [0.2, 0.25) is 5.91 Å². The van der Waals surface area contributed by atoms with Crippen LogP contribution >= 0.6 is 0 Å². The number of hydrogen-bond acceptors (Lipinski definition) is 2. The van der Waals surface area contributed by atoms with Gasteiger partial charge in [0.05, 0.1) is 0 Å². The third-order valence-corrected chi connectivity index (χ3v) is 2.30. The number of aliphatic carboxylic acids is 1. The largest absolute Gasteiger partial charge is 0.481 e. The highest BCUT2D eigenvalue weighted by Gasteiger charge is 2.36. The van der Waals surface area contributed by atoms with Crippen molar-refractivity contribution < 1.29 is 14.7 Å². The zero-order chi connectivity index (χ0) is 10.1. The van der Waals surface area contributed by atoms with E-state index in [0.717, 1.165) is 6.42 Å². The third kappa shape index (κ3) is 2.72. The summed E-state index contributed by atoms with van der Waals surface area (Å²) in [5.74, 6) is -0.963. The molecule has 0 aromatic heterocycles. The molecule has 1 atom stereocenters. The first kappa shape index (κ1) is 10.0. The molecule has 1 aliphatic heterocycles. The maximum atomic E-state index is 11.3. The van der Waals surface area contributed by atoms with E-state index in [0.29, 0.717) is 6.42 Å². The van der Waals surface area contributed by atoms with Crippen LogP contribution in [0.2, 0.25) is 0 Å². The van der Waals surface area contributed by atoms with Crippen LogP contribution in [0.5, 0.6) is 0 Å². The second-order valence-corrected chi connectivity index (χ2v) is 4.21. The Kier molecular flexibility index (Phi) is 2.59. The molecule has 0 aromatic rings. The lowest BCUT2D eigenvalue weighted by Crippen LogP contribution is -2.34. The standard InChI is InChI=1S/C9H15NO3/c1-9(2)5-6(8(13)10-9)3-4-7(11)12/h6H,3-5H2,1-2H3,(H,10,13)(H,11,12). The van der Waals surface area contributed by atoms with Gasteiger partial charge < -0.3 is 10.4 Å². The zero-order valence-corrected chi connectivity index (χ0v) is 7.96. The second-order valence-electron chi connectivity index (χ2n) is 4.21. The van der Waals surface area contributed by atoms with E-state index < -0.39 is 5.97 Å². The lowest BCUT2D eigenvalue weighted by atomic mass is 9.93. The molecule has 0 aliphatic carbocycles. The van der Waals surface area contributed by atoms with Gasteiger partial charge in [0.25, 0.3) is 0 Å². The summed E-state index contributed by atoms with van der Waals surface area (Å²) in [5.41, 5.74) is -0.166. The first-order valence-corrected chi connectivity index (χ1v) is 4.44. The van der Waals surface area contributed by atoms with E-state index in [-0.39, 0.29) is 23.8 Å². The maximum absolute atomic E-state index is 11.3. The molecule has 1 heterocycles. The van der Waals surface area contributed by atoms with Gasteiger partial charge in [0, 0.05) is 17.9 Å². The molecule has 0 radical (unpaired) electrons. The van der Waals surface area contributed by atoms with Gasteiger partial charge in [0.15, 0.2) is 0 Å². The van der Waals surface area contributed by atoms with E-state index in [9.17, 15) is 9.59 Å². The van der Waals surface area contributed by atoms with Gasteiger partial charge in [-0.05, 0) is 26.7 Å². The SMILES string of the molecule is CC1(C)CC(CCC(=O)O)C(=O)N1.